The van der Waals surface area contributed by atoms with E-state index in [1.54, 1.807) is 18.8 Å². The second kappa shape index (κ2) is 5.36. The molecule has 0 saturated carbocycles. The fourth-order valence-corrected chi connectivity index (χ4v) is 2.52. The van der Waals surface area contributed by atoms with E-state index in [0.29, 0.717) is 11.4 Å². The maximum Gasteiger partial charge on any atom is 0.357 e. The van der Waals surface area contributed by atoms with Gasteiger partial charge >= 0.3 is 5.97 Å². The maximum atomic E-state index is 11.2. The van der Waals surface area contributed by atoms with Crippen LogP contribution in [0.4, 0.5) is 5.82 Å². The minimum absolute atomic E-state index is 0.0177. The first-order chi connectivity index (χ1) is 9.04. The molecule has 100 valence electrons. The molecule has 19 heavy (non-hydrogen) atoms. The Kier molecular flexibility index (Phi) is 3.80. The second-order valence-electron chi connectivity index (χ2n) is 3.99. The minimum Gasteiger partial charge on any atom is -0.476 e. The van der Waals surface area contributed by atoms with Crippen LogP contribution >= 0.6 is 11.8 Å². The van der Waals surface area contributed by atoms with Gasteiger partial charge in [0.05, 0.1) is 5.56 Å². The molecule has 0 spiro atoms. The first-order valence-corrected chi connectivity index (χ1v) is 6.82. The van der Waals surface area contributed by atoms with Crippen molar-refractivity contribution in [2.24, 2.45) is 7.05 Å². The summed E-state index contributed by atoms with van der Waals surface area (Å²) in [5.41, 5.74) is 7.13. The third-order valence-electron chi connectivity index (χ3n) is 2.75. The fraction of sp³-hybridized carbons (Fsp3) is 0.231. The van der Waals surface area contributed by atoms with Gasteiger partial charge in [-0.05, 0) is 23.4 Å². The Balaban J connectivity index is 2.49. The van der Waals surface area contributed by atoms with Gasteiger partial charge in [-0.15, -0.1) is 11.8 Å². The summed E-state index contributed by atoms with van der Waals surface area (Å²) in [5, 5.41) is 13.1. The number of aryl methyl sites for hydroxylation is 1. The molecule has 0 bridgehead atoms. The molecule has 0 atom stereocenters. The van der Waals surface area contributed by atoms with Crippen molar-refractivity contribution in [1.29, 1.82) is 0 Å². The van der Waals surface area contributed by atoms with Gasteiger partial charge in [-0.1, -0.05) is 19.1 Å². The maximum absolute atomic E-state index is 11.2. The number of carboxylic acids is 1. The first kappa shape index (κ1) is 13.5. The zero-order valence-electron chi connectivity index (χ0n) is 10.8. The summed E-state index contributed by atoms with van der Waals surface area (Å²) in [6.45, 7) is 2.08. The van der Waals surface area contributed by atoms with Crippen molar-refractivity contribution in [3.05, 3.63) is 30.0 Å². The highest BCUT2D eigenvalue weighted by Gasteiger charge is 2.20. The summed E-state index contributed by atoms with van der Waals surface area (Å²) in [6, 6.07) is 7.67. The van der Waals surface area contributed by atoms with Crippen molar-refractivity contribution >= 4 is 23.5 Å². The second-order valence-corrected chi connectivity index (χ2v) is 5.33. The zero-order valence-corrected chi connectivity index (χ0v) is 11.6. The third-order valence-corrected chi connectivity index (χ3v) is 3.64. The molecule has 0 amide bonds. The van der Waals surface area contributed by atoms with Gasteiger partial charge in [0.1, 0.15) is 5.82 Å². The van der Waals surface area contributed by atoms with E-state index in [-0.39, 0.29) is 5.69 Å². The van der Waals surface area contributed by atoms with E-state index in [1.165, 1.54) is 4.68 Å². The van der Waals surface area contributed by atoms with Gasteiger partial charge in [-0.25, -0.2) is 4.79 Å². The Morgan fingerprint density at radius 2 is 2.05 bits per heavy atom. The summed E-state index contributed by atoms with van der Waals surface area (Å²) in [5.74, 6) is 0.275. The molecule has 0 aliphatic heterocycles. The van der Waals surface area contributed by atoms with E-state index in [2.05, 4.69) is 12.0 Å². The highest BCUT2D eigenvalue weighted by Crippen LogP contribution is 2.31. The lowest BCUT2D eigenvalue weighted by molar-refractivity contribution is 0.0690. The third kappa shape index (κ3) is 2.58. The van der Waals surface area contributed by atoms with E-state index in [4.69, 9.17) is 10.8 Å². The molecule has 0 radical (unpaired) electrons. The number of rotatable bonds is 4. The SMILES string of the molecule is CCSc1ccc(-c2c(C(=O)O)nn(C)c2N)cc1. The molecular weight excluding hydrogens is 262 g/mol. The lowest BCUT2D eigenvalue weighted by Crippen LogP contribution is -2.00. The van der Waals surface area contributed by atoms with E-state index >= 15 is 0 Å². The highest BCUT2D eigenvalue weighted by atomic mass is 32.2. The van der Waals surface area contributed by atoms with Crippen LogP contribution in [0.15, 0.2) is 29.2 Å². The quantitative estimate of drug-likeness (QED) is 0.839. The van der Waals surface area contributed by atoms with Gasteiger partial charge < -0.3 is 10.8 Å². The number of aromatic nitrogens is 2. The Bertz CT molecular complexity index is 605. The predicted molar refractivity (Wildman–Crippen MR) is 76.4 cm³/mol. The molecule has 3 N–H and O–H groups in total. The summed E-state index contributed by atoms with van der Waals surface area (Å²) in [7, 11) is 1.63. The average Bonchev–Trinajstić information content (AvgIpc) is 2.68. The normalized spacial score (nSPS) is 10.6. The van der Waals surface area contributed by atoms with Gasteiger partial charge in [0, 0.05) is 11.9 Å². The van der Waals surface area contributed by atoms with Gasteiger partial charge in [-0.3, -0.25) is 4.68 Å². The van der Waals surface area contributed by atoms with Crippen LogP contribution in [0.2, 0.25) is 0 Å². The molecule has 6 heteroatoms. The molecule has 1 aromatic heterocycles. The number of carbonyl (C=O) groups is 1. The number of hydrogen-bond acceptors (Lipinski definition) is 4. The molecule has 0 fully saturated rings. The summed E-state index contributed by atoms with van der Waals surface area (Å²) in [6.07, 6.45) is 0. The number of anilines is 1. The van der Waals surface area contributed by atoms with Crippen LogP contribution < -0.4 is 5.73 Å². The van der Waals surface area contributed by atoms with Crippen LogP contribution in [-0.2, 0) is 7.05 Å². The Morgan fingerprint density at radius 1 is 1.42 bits per heavy atom. The molecule has 0 unspecified atom stereocenters. The number of hydrogen-bond donors (Lipinski definition) is 2. The topological polar surface area (TPSA) is 81.1 Å². The molecule has 1 aromatic carbocycles. The van der Waals surface area contributed by atoms with E-state index in [1.807, 2.05) is 24.3 Å². The Hall–Kier alpha value is -1.95. The first-order valence-electron chi connectivity index (χ1n) is 5.83. The number of thioether (sulfide) groups is 1. The van der Waals surface area contributed by atoms with E-state index < -0.39 is 5.97 Å². The van der Waals surface area contributed by atoms with Gasteiger partial charge in [0.2, 0.25) is 0 Å². The monoisotopic (exact) mass is 277 g/mol. The van der Waals surface area contributed by atoms with Gasteiger partial charge in [-0.2, -0.15) is 5.10 Å². The highest BCUT2D eigenvalue weighted by molar-refractivity contribution is 7.99. The zero-order chi connectivity index (χ0) is 14.0. The number of benzene rings is 1. The Morgan fingerprint density at radius 3 is 2.58 bits per heavy atom. The smallest absolute Gasteiger partial charge is 0.357 e. The van der Waals surface area contributed by atoms with Crippen LogP contribution in [-0.4, -0.2) is 26.6 Å². The molecule has 2 rings (SSSR count). The lowest BCUT2D eigenvalue weighted by atomic mass is 10.1. The standard InChI is InChI=1S/C13H15N3O2S/c1-3-19-9-6-4-8(5-7-9)10-11(13(17)18)15-16(2)12(10)14/h4-7H,3,14H2,1-2H3,(H,17,18). The molecule has 2 aromatic rings. The number of nitrogens with zero attached hydrogens (tertiary/aromatic N) is 2. The minimum atomic E-state index is -1.07. The predicted octanol–water partition coefficient (Wildman–Crippen LogP) is 2.48. The van der Waals surface area contributed by atoms with E-state index in [0.717, 1.165) is 16.2 Å². The lowest BCUT2D eigenvalue weighted by Gasteiger charge is -2.04. The van der Waals surface area contributed by atoms with E-state index in [9.17, 15) is 4.79 Å². The molecule has 0 aliphatic rings. The molecule has 0 aliphatic carbocycles. The van der Waals surface area contributed by atoms with Crippen LogP contribution in [0.5, 0.6) is 0 Å². The molecule has 5 nitrogen and oxygen atoms in total. The largest absolute Gasteiger partial charge is 0.476 e. The fourth-order valence-electron chi connectivity index (χ4n) is 1.86. The van der Waals surface area contributed by atoms with Crippen molar-refractivity contribution in [3.63, 3.8) is 0 Å². The number of nitrogens with two attached hydrogens (primary N) is 1. The molecule has 0 saturated heterocycles. The van der Waals surface area contributed by atoms with Crippen molar-refractivity contribution in [2.45, 2.75) is 11.8 Å². The van der Waals surface area contributed by atoms with Crippen LogP contribution in [0.1, 0.15) is 17.4 Å². The molecule has 1 heterocycles. The average molecular weight is 277 g/mol. The summed E-state index contributed by atoms with van der Waals surface area (Å²) >= 11 is 1.73. The van der Waals surface area contributed by atoms with Gasteiger partial charge in [0.15, 0.2) is 5.69 Å². The Labute approximate surface area is 115 Å². The number of carboxylic acid groups (broad SMARTS) is 1. The molecular formula is C13H15N3O2S. The van der Waals surface area contributed by atoms with Crippen LogP contribution in [0.3, 0.4) is 0 Å². The number of aromatic carboxylic acids is 1. The van der Waals surface area contributed by atoms with Crippen molar-refractivity contribution in [1.82, 2.24) is 9.78 Å². The summed E-state index contributed by atoms with van der Waals surface area (Å²) < 4.78 is 1.38. The number of nitrogen functional groups attached to an aromatic ring is 1. The van der Waals surface area contributed by atoms with Crippen molar-refractivity contribution in [3.8, 4) is 11.1 Å². The van der Waals surface area contributed by atoms with Gasteiger partial charge in [0.25, 0.3) is 0 Å². The van der Waals surface area contributed by atoms with Crippen LogP contribution in [0.25, 0.3) is 11.1 Å². The van der Waals surface area contributed by atoms with Crippen molar-refractivity contribution < 1.29 is 9.90 Å². The van der Waals surface area contributed by atoms with Crippen LogP contribution in [0, 0.1) is 0 Å². The summed E-state index contributed by atoms with van der Waals surface area (Å²) in [4.78, 5) is 12.3. The van der Waals surface area contributed by atoms with Crippen molar-refractivity contribution in [2.75, 3.05) is 11.5 Å².